The number of rotatable bonds is 2. The number of carbonyl (C=O) groups excluding carboxylic acids is 1. The lowest BCUT2D eigenvalue weighted by molar-refractivity contribution is -0.126. The molecule has 0 saturated carbocycles. The molecule has 1 spiro atoms. The maximum atomic E-state index is 12.6. The van der Waals surface area contributed by atoms with Gasteiger partial charge >= 0.3 is 0 Å². The van der Waals surface area contributed by atoms with E-state index in [1.807, 2.05) is 31.3 Å². The predicted octanol–water partition coefficient (Wildman–Crippen LogP) is 2.90. The molecule has 1 N–H and O–H groups in total. The van der Waals surface area contributed by atoms with Crippen molar-refractivity contribution in [1.29, 1.82) is 0 Å². The SMILES string of the molecule is CN=C/C=C\C1=CNC(=O)C12Cc1cc3ccc(C)nc3cc1C2. The second kappa shape index (κ2) is 5.41. The molecule has 1 unspecified atom stereocenters. The molecular weight excluding hydrogens is 298 g/mol. The molecule has 2 aliphatic rings. The molecule has 2 heterocycles. The van der Waals surface area contributed by atoms with Crippen LogP contribution in [0, 0.1) is 12.3 Å². The molecule has 1 aliphatic heterocycles. The quantitative estimate of drug-likeness (QED) is 0.866. The lowest BCUT2D eigenvalue weighted by atomic mass is 9.78. The lowest BCUT2D eigenvalue weighted by Crippen LogP contribution is -2.34. The molecule has 0 bridgehead atoms. The van der Waals surface area contributed by atoms with Gasteiger partial charge < -0.3 is 5.32 Å². The first-order valence-electron chi connectivity index (χ1n) is 8.12. The second-order valence-corrected chi connectivity index (χ2v) is 6.54. The number of aryl methyl sites for hydroxylation is 1. The van der Waals surface area contributed by atoms with Crippen LogP contribution in [0.3, 0.4) is 0 Å². The summed E-state index contributed by atoms with van der Waals surface area (Å²) in [5.74, 6) is 0.0833. The van der Waals surface area contributed by atoms with E-state index in [0.29, 0.717) is 0 Å². The number of amides is 1. The van der Waals surface area contributed by atoms with E-state index in [9.17, 15) is 4.79 Å². The summed E-state index contributed by atoms with van der Waals surface area (Å²) >= 11 is 0. The number of allylic oxidation sites excluding steroid dienone is 2. The maximum Gasteiger partial charge on any atom is 0.235 e. The number of hydrogen-bond donors (Lipinski definition) is 1. The number of aromatic nitrogens is 1. The van der Waals surface area contributed by atoms with Gasteiger partial charge in [0.25, 0.3) is 0 Å². The summed E-state index contributed by atoms with van der Waals surface area (Å²) in [5.41, 5.74) is 5.01. The van der Waals surface area contributed by atoms with Crippen LogP contribution in [-0.4, -0.2) is 24.2 Å². The van der Waals surface area contributed by atoms with Crippen molar-refractivity contribution in [3.63, 3.8) is 0 Å². The molecule has 120 valence electrons. The molecule has 4 rings (SSSR count). The van der Waals surface area contributed by atoms with Crippen molar-refractivity contribution in [2.75, 3.05) is 7.05 Å². The number of nitrogens with zero attached hydrogens (tertiary/aromatic N) is 2. The largest absolute Gasteiger partial charge is 0.332 e. The van der Waals surface area contributed by atoms with Crippen LogP contribution in [0.1, 0.15) is 16.8 Å². The highest BCUT2D eigenvalue weighted by Crippen LogP contribution is 2.46. The molecule has 2 aromatic rings. The summed E-state index contributed by atoms with van der Waals surface area (Å²) in [6.07, 6.45) is 8.89. The molecule has 0 saturated heterocycles. The van der Waals surface area contributed by atoms with E-state index >= 15 is 0 Å². The molecule has 1 amide bonds. The fourth-order valence-electron chi connectivity index (χ4n) is 3.76. The van der Waals surface area contributed by atoms with Gasteiger partial charge in [-0.1, -0.05) is 12.1 Å². The van der Waals surface area contributed by atoms with Crippen LogP contribution in [0.25, 0.3) is 10.9 Å². The Morgan fingerprint density at radius 2 is 2.04 bits per heavy atom. The van der Waals surface area contributed by atoms with E-state index in [-0.39, 0.29) is 5.91 Å². The third-order valence-corrected chi connectivity index (χ3v) is 4.99. The minimum absolute atomic E-state index is 0.0833. The normalized spacial score (nSPS) is 22.8. The summed E-state index contributed by atoms with van der Waals surface area (Å²) in [5, 5.41) is 4.04. The van der Waals surface area contributed by atoms with Crippen molar-refractivity contribution in [1.82, 2.24) is 10.3 Å². The third kappa shape index (κ3) is 2.18. The van der Waals surface area contributed by atoms with Gasteiger partial charge in [0, 0.05) is 30.5 Å². The summed E-state index contributed by atoms with van der Waals surface area (Å²) in [6.45, 7) is 2.00. The Morgan fingerprint density at radius 3 is 2.83 bits per heavy atom. The smallest absolute Gasteiger partial charge is 0.235 e. The number of pyridine rings is 1. The molecule has 1 aromatic carbocycles. The van der Waals surface area contributed by atoms with E-state index in [1.165, 1.54) is 11.1 Å². The summed E-state index contributed by atoms with van der Waals surface area (Å²) in [6, 6.07) is 8.46. The molecule has 1 atom stereocenters. The van der Waals surface area contributed by atoms with Gasteiger partial charge in [-0.3, -0.25) is 14.8 Å². The van der Waals surface area contributed by atoms with E-state index in [1.54, 1.807) is 13.3 Å². The Labute approximate surface area is 141 Å². The number of benzene rings is 1. The molecule has 4 heteroatoms. The van der Waals surface area contributed by atoms with Crippen molar-refractivity contribution >= 4 is 23.0 Å². The van der Waals surface area contributed by atoms with E-state index in [2.05, 4.69) is 33.5 Å². The number of fused-ring (bicyclic) bond motifs is 2. The van der Waals surface area contributed by atoms with Crippen molar-refractivity contribution in [2.45, 2.75) is 19.8 Å². The first-order valence-corrected chi connectivity index (χ1v) is 8.12. The number of aliphatic imine (C=N–C) groups is 1. The van der Waals surface area contributed by atoms with Crippen molar-refractivity contribution < 1.29 is 4.79 Å². The van der Waals surface area contributed by atoms with Crippen LogP contribution in [-0.2, 0) is 17.6 Å². The second-order valence-electron chi connectivity index (χ2n) is 6.54. The fraction of sp³-hybridized carbons (Fsp3) is 0.250. The summed E-state index contributed by atoms with van der Waals surface area (Å²) in [7, 11) is 1.73. The zero-order chi connectivity index (χ0) is 16.7. The topological polar surface area (TPSA) is 54.4 Å². The average molecular weight is 317 g/mol. The Balaban J connectivity index is 1.76. The van der Waals surface area contributed by atoms with Crippen LogP contribution in [0.2, 0.25) is 0 Å². The van der Waals surface area contributed by atoms with Gasteiger partial charge in [-0.2, -0.15) is 0 Å². The Bertz CT molecular complexity index is 939. The Hall–Kier alpha value is -2.75. The van der Waals surface area contributed by atoms with Crippen molar-refractivity contribution in [3.8, 4) is 0 Å². The molecule has 4 nitrogen and oxygen atoms in total. The molecule has 1 aliphatic carbocycles. The van der Waals surface area contributed by atoms with Crippen molar-refractivity contribution in [3.05, 3.63) is 65.0 Å². The van der Waals surface area contributed by atoms with Crippen LogP contribution in [0.4, 0.5) is 0 Å². The van der Waals surface area contributed by atoms with E-state index < -0.39 is 5.41 Å². The van der Waals surface area contributed by atoms with Crippen LogP contribution < -0.4 is 5.32 Å². The number of carbonyl (C=O) groups is 1. The highest BCUT2D eigenvalue weighted by atomic mass is 16.2. The van der Waals surface area contributed by atoms with Gasteiger partial charge in [-0.15, -0.1) is 0 Å². The van der Waals surface area contributed by atoms with Gasteiger partial charge in [0.05, 0.1) is 10.9 Å². The molecular formula is C20H19N3O. The monoisotopic (exact) mass is 317 g/mol. The average Bonchev–Trinajstić information content (AvgIpc) is 3.07. The van der Waals surface area contributed by atoms with Crippen molar-refractivity contribution in [2.24, 2.45) is 10.4 Å². The van der Waals surface area contributed by atoms with Gasteiger partial charge in [0.15, 0.2) is 0 Å². The summed E-state index contributed by atoms with van der Waals surface area (Å²) in [4.78, 5) is 21.2. The Morgan fingerprint density at radius 1 is 1.25 bits per heavy atom. The van der Waals surface area contributed by atoms with E-state index in [0.717, 1.165) is 35.0 Å². The number of hydrogen-bond acceptors (Lipinski definition) is 3. The highest BCUT2D eigenvalue weighted by Gasteiger charge is 2.48. The van der Waals surface area contributed by atoms with Crippen LogP contribution >= 0.6 is 0 Å². The zero-order valence-corrected chi connectivity index (χ0v) is 13.8. The minimum atomic E-state index is -0.493. The number of nitrogens with one attached hydrogen (secondary N) is 1. The molecule has 24 heavy (non-hydrogen) atoms. The predicted molar refractivity (Wildman–Crippen MR) is 96.1 cm³/mol. The van der Waals surface area contributed by atoms with Gasteiger partial charge in [0.1, 0.15) is 0 Å². The molecule has 0 radical (unpaired) electrons. The first kappa shape index (κ1) is 14.8. The van der Waals surface area contributed by atoms with Crippen LogP contribution in [0.5, 0.6) is 0 Å². The third-order valence-electron chi connectivity index (χ3n) is 4.99. The standard InChI is InChI=1S/C20H19N3O/c1-13-5-6-14-8-15-10-20(11-16(15)9-18(14)23-13)17(4-3-7-21-2)12-22-19(20)24/h3-9,12H,10-11H2,1-2H3,(H,22,24)/b4-3-,21-7?. The maximum absolute atomic E-state index is 12.6. The van der Waals surface area contributed by atoms with Crippen LogP contribution in [0.15, 0.2) is 53.2 Å². The fourth-order valence-corrected chi connectivity index (χ4v) is 3.76. The molecule has 0 fully saturated rings. The lowest BCUT2D eigenvalue weighted by Gasteiger charge is -2.22. The minimum Gasteiger partial charge on any atom is -0.332 e. The van der Waals surface area contributed by atoms with E-state index in [4.69, 9.17) is 0 Å². The van der Waals surface area contributed by atoms with Gasteiger partial charge in [-0.25, -0.2) is 0 Å². The zero-order valence-electron chi connectivity index (χ0n) is 13.8. The Kier molecular flexibility index (Phi) is 3.34. The highest BCUT2D eigenvalue weighted by molar-refractivity contribution is 5.93. The first-order chi connectivity index (χ1) is 11.6. The van der Waals surface area contributed by atoms with Gasteiger partial charge in [-0.05, 0) is 60.7 Å². The van der Waals surface area contributed by atoms with Gasteiger partial charge in [0.2, 0.25) is 5.91 Å². The summed E-state index contributed by atoms with van der Waals surface area (Å²) < 4.78 is 0. The molecule has 1 aromatic heterocycles.